The molecule has 0 amide bonds. The van der Waals surface area contributed by atoms with Gasteiger partial charge < -0.3 is 0 Å². The molecule has 0 N–H and O–H groups in total. The molecular weight excluding hydrogens is 582 g/mol. The van der Waals surface area contributed by atoms with E-state index in [4.69, 9.17) is 0 Å². The summed E-state index contributed by atoms with van der Waals surface area (Å²) in [5.74, 6) is -71.2. The van der Waals surface area contributed by atoms with Gasteiger partial charge in [0.05, 0.1) is 0 Å². The molecule has 1 nitrogen and oxygen atoms in total. The van der Waals surface area contributed by atoms with Gasteiger partial charge in [0.2, 0.25) is 0 Å². The third kappa shape index (κ3) is 3.85. The molecule has 204 valence electrons. The zero-order valence-corrected chi connectivity index (χ0v) is 15.2. The van der Waals surface area contributed by atoms with E-state index >= 15 is 0 Å². The van der Waals surface area contributed by atoms with Crippen molar-refractivity contribution in [2.24, 2.45) is 0 Å². The van der Waals surface area contributed by atoms with Crippen LogP contribution in [0.15, 0.2) is 0 Å². The molecule has 24 heteroatoms. The summed E-state index contributed by atoms with van der Waals surface area (Å²) < 4.78 is 280. The lowest BCUT2D eigenvalue weighted by molar-refractivity contribution is -0.467. The molecule has 0 aliphatic rings. The van der Waals surface area contributed by atoms with Crippen molar-refractivity contribution in [3.8, 4) is 0 Å². The fourth-order valence-electron chi connectivity index (χ4n) is 1.68. The first-order valence-electron chi connectivity index (χ1n) is 6.86. The standard InChI is InChI=1S/C10F22OSi/c11-2(12,1(33)34(30,31)32)3(13,14)4(15,16)5(17,18)6(19,20)7(21,22)8(23,24)9(25,26)10(27,28)29. The lowest BCUT2D eigenvalue weighted by Gasteiger charge is -2.43. The fraction of sp³-hybridized carbons (Fsp3) is 0.900. The molecule has 0 heterocycles. The van der Waals surface area contributed by atoms with E-state index in [0.717, 1.165) is 0 Å². The summed E-state index contributed by atoms with van der Waals surface area (Å²) in [5.41, 5.74) is 0. The molecule has 0 fully saturated rings. The summed E-state index contributed by atoms with van der Waals surface area (Å²) in [4.78, 5) is 10.2. The van der Waals surface area contributed by atoms with E-state index < -0.39 is 68.0 Å². The summed E-state index contributed by atoms with van der Waals surface area (Å²) >= 11 is 0. The number of hydrogen-bond acceptors (Lipinski definition) is 1. The maximum absolute atomic E-state index is 13.2. The number of carbonyl (C=O) groups is 1. The Labute approximate surface area is 170 Å². The molecule has 0 aromatic carbocycles. The maximum Gasteiger partial charge on any atom is 0.697 e. The second-order valence-electron chi connectivity index (χ2n) is 5.92. The Bertz CT molecular complexity index is 784. The zero-order chi connectivity index (χ0) is 28.6. The molecular formula is C10F22OSi. The lowest BCUT2D eigenvalue weighted by atomic mass is 9.87. The van der Waals surface area contributed by atoms with E-state index in [1.165, 1.54) is 0 Å². The molecule has 0 radical (unpaired) electrons. The zero-order valence-electron chi connectivity index (χ0n) is 14.2. The van der Waals surface area contributed by atoms with Crippen LogP contribution in [0.5, 0.6) is 0 Å². The first-order valence-corrected chi connectivity index (χ1v) is 8.50. The quantitative estimate of drug-likeness (QED) is 0.171. The molecule has 0 aromatic heterocycles. The predicted octanol–water partition coefficient (Wildman–Crippen LogP) is 6.59. The Morgan fingerprint density at radius 2 is 0.588 bits per heavy atom. The first kappa shape index (κ1) is 32.3. The average molecular weight is 582 g/mol. The van der Waals surface area contributed by atoms with Crippen LogP contribution in [0.4, 0.5) is 95.7 Å². The largest absolute Gasteiger partial charge is 0.697 e. The van der Waals surface area contributed by atoms with Gasteiger partial charge >= 0.3 is 62.6 Å². The lowest BCUT2D eigenvalue weighted by Crippen LogP contribution is -2.76. The molecule has 0 spiro atoms. The summed E-state index contributed by atoms with van der Waals surface area (Å²) in [5, 5.41) is -5.26. The van der Waals surface area contributed by atoms with E-state index in [2.05, 4.69) is 0 Å². The van der Waals surface area contributed by atoms with Gasteiger partial charge in [-0.2, -0.15) is 83.4 Å². The van der Waals surface area contributed by atoms with Gasteiger partial charge in [0, 0.05) is 0 Å². The number of carbonyl (C=O) groups excluding carboxylic acids is 1. The van der Waals surface area contributed by atoms with Crippen LogP contribution in [-0.4, -0.2) is 68.0 Å². The van der Waals surface area contributed by atoms with Crippen molar-refractivity contribution >= 4 is 14.5 Å². The summed E-state index contributed by atoms with van der Waals surface area (Å²) in [6, 6.07) is 0. The summed E-state index contributed by atoms with van der Waals surface area (Å²) in [7, 11) is -8.93. The van der Waals surface area contributed by atoms with Crippen molar-refractivity contribution in [3.63, 3.8) is 0 Å². The van der Waals surface area contributed by atoms with E-state index in [0.29, 0.717) is 0 Å². The number of alkyl halides is 19. The minimum atomic E-state index is -9.26. The molecule has 34 heavy (non-hydrogen) atoms. The van der Waals surface area contributed by atoms with Crippen LogP contribution in [0, 0.1) is 0 Å². The predicted molar refractivity (Wildman–Crippen MR) is 59.7 cm³/mol. The van der Waals surface area contributed by atoms with Crippen molar-refractivity contribution < 1.29 is 101 Å². The minimum Gasteiger partial charge on any atom is -0.288 e. The van der Waals surface area contributed by atoms with Crippen LogP contribution in [0.2, 0.25) is 0 Å². The van der Waals surface area contributed by atoms with Crippen LogP contribution in [0.3, 0.4) is 0 Å². The second kappa shape index (κ2) is 7.67. The summed E-state index contributed by atoms with van der Waals surface area (Å²) in [6.45, 7) is 0. The Kier molecular flexibility index (Phi) is 7.30. The van der Waals surface area contributed by atoms with Crippen molar-refractivity contribution in [2.75, 3.05) is 0 Å². The van der Waals surface area contributed by atoms with Gasteiger partial charge in [0.25, 0.3) is 5.41 Å². The SMILES string of the molecule is O=C(C(F)(F)C(F)(F)C(F)(F)C(F)(F)C(F)(F)C(F)(F)C(F)(F)C(F)(F)C(F)(F)F)[Si](F)(F)F. The van der Waals surface area contributed by atoms with Crippen LogP contribution in [0.25, 0.3) is 0 Å². The Balaban J connectivity index is 7.04. The Morgan fingerprint density at radius 3 is 0.794 bits per heavy atom. The van der Waals surface area contributed by atoms with E-state index in [1.807, 2.05) is 0 Å². The first-order chi connectivity index (χ1) is 14.2. The van der Waals surface area contributed by atoms with Gasteiger partial charge in [-0.05, 0) is 0 Å². The van der Waals surface area contributed by atoms with Crippen molar-refractivity contribution in [3.05, 3.63) is 0 Å². The Hall–Kier alpha value is -1.65. The monoisotopic (exact) mass is 582 g/mol. The van der Waals surface area contributed by atoms with Crippen molar-refractivity contribution in [2.45, 2.75) is 53.6 Å². The van der Waals surface area contributed by atoms with Gasteiger partial charge in [0.15, 0.2) is 0 Å². The second-order valence-corrected chi connectivity index (χ2v) is 7.37. The molecule has 0 saturated heterocycles. The van der Waals surface area contributed by atoms with Crippen LogP contribution in [-0.2, 0) is 4.79 Å². The highest BCUT2D eigenvalue weighted by Gasteiger charge is 2.97. The van der Waals surface area contributed by atoms with Crippen molar-refractivity contribution in [1.29, 1.82) is 0 Å². The number of halogens is 22. The van der Waals surface area contributed by atoms with Gasteiger partial charge in [-0.1, -0.05) is 0 Å². The fourth-order valence-corrected chi connectivity index (χ4v) is 2.19. The molecule has 0 atom stereocenters. The summed E-state index contributed by atoms with van der Waals surface area (Å²) in [6.07, 6.45) is -8.05. The molecule has 0 aliphatic heterocycles. The van der Waals surface area contributed by atoms with Crippen LogP contribution < -0.4 is 0 Å². The Morgan fingerprint density at radius 1 is 0.382 bits per heavy atom. The number of rotatable bonds is 9. The maximum atomic E-state index is 13.2. The topological polar surface area (TPSA) is 17.1 Å². The highest BCUT2D eigenvalue weighted by atomic mass is 28.5. The molecule has 0 aliphatic carbocycles. The number of hydrogen-bond donors (Lipinski definition) is 0. The van der Waals surface area contributed by atoms with Gasteiger partial charge in [-0.3, -0.25) is 4.79 Å². The normalized spacial score (nSPS) is 16.6. The molecule has 0 aromatic rings. The highest BCUT2D eigenvalue weighted by Crippen LogP contribution is 2.65. The van der Waals surface area contributed by atoms with Crippen molar-refractivity contribution in [1.82, 2.24) is 0 Å². The van der Waals surface area contributed by atoms with Crippen LogP contribution in [0.1, 0.15) is 0 Å². The van der Waals surface area contributed by atoms with Gasteiger partial charge in [-0.15, -0.1) is 0 Å². The molecule has 0 bridgehead atoms. The van der Waals surface area contributed by atoms with Crippen LogP contribution >= 0.6 is 0 Å². The highest BCUT2D eigenvalue weighted by molar-refractivity contribution is 6.92. The third-order valence-electron chi connectivity index (χ3n) is 3.66. The smallest absolute Gasteiger partial charge is 0.288 e. The average Bonchev–Trinajstić information content (AvgIpc) is 2.57. The molecule has 0 unspecified atom stereocenters. The minimum absolute atomic E-state index is 5.26. The molecule has 0 saturated carbocycles. The van der Waals surface area contributed by atoms with Gasteiger partial charge in [-0.25, -0.2) is 12.3 Å². The van der Waals surface area contributed by atoms with Gasteiger partial charge in [0.1, 0.15) is 0 Å². The van der Waals surface area contributed by atoms with E-state index in [1.54, 1.807) is 0 Å². The molecule has 0 rings (SSSR count). The van der Waals surface area contributed by atoms with E-state index in [-0.39, 0.29) is 0 Å². The third-order valence-corrected chi connectivity index (χ3v) is 4.49. The van der Waals surface area contributed by atoms with E-state index in [9.17, 15) is 101 Å².